The van der Waals surface area contributed by atoms with Crippen molar-refractivity contribution in [3.05, 3.63) is 0 Å². The molecule has 4 rings (SSSR count). The zero-order chi connectivity index (χ0) is 28.4. The molecule has 0 aromatic rings. The first-order valence-corrected chi connectivity index (χ1v) is 15.7. The summed E-state index contributed by atoms with van der Waals surface area (Å²) >= 11 is 3.74. The van der Waals surface area contributed by atoms with Gasteiger partial charge in [0, 0.05) is 4.83 Å². The molecule has 0 aliphatic carbocycles. The molecule has 38 heavy (non-hydrogen) atoms. The molecule has 4 fully saturated rings. The van der Waals surface area contributed by atoms with Crippen molar-refractivity contribution in [3.8, 4) is 0 Å². The number of fused-ring (bicyclic) bond motifs is 2. The second-order valence-electron chi connectivity index (χ2n) is 14.7. The molecule has 8 heteroatoms. The lowest BCUT2D eigenvalue weighted by molar-refractivity contribution is -0.262. The highest BCUT2D eigenvalue weighted by atomic mass is 79.9. The van der Waals surface area contributed by atoms with Crippen LogP contribution in [-0.4, -0.2) is 84.3 Å². The Balaban J connectivity index is 1.44. The third-order valence-electron chi connectivity index (χ3n) is 10.3. The lowest BCUT2D eigenvalue weighted by atomic mass is 9.79. The number of rotatable bonds is 4. The summed E-state index contributed by atoms with van der Waals surface area (Å²) in [5.74, 6) is 0. The van der Waals surface area contributed by atoms with Gasteiger partial charge in [-0.15, -0.1) is 0 Å². The first-order chi connectivity index (χ1) is 17.3. The van der Waals surface area contributed by atoms with E-state index in [4.69, 9.17) is 18.9 Å². The minimum atomic E-state index is -1.07. The van der Waals surface area contributed by atoms with Crippen molar-refractivity contribution >= 4 is 15.9 Å². The summed E-state index contributed by atoms with van der Waals surface area (Å²) in [6.45, 7) is 16.0. The highest BCUT2D eigenvalue weighted by Gasteiger charge is 2.56. The van der Waals surface area contributed by atoms with E-state index in [0.29, 0.717) is 32.1 Å². The molecule has 0 saturated carbocycles. The van der Waals surface area contributed by atoms with Crippen LogP contribution in [0.25, 0.3) is 0 Å². The van der Waals surface area contributed by atoms with Gasteiger partial charge < -0.3 is 34.3 Å². The molecule has 4 aliphatic rings. The monoisotopic (exact) mass is 604 g/mol. The van der Waals surface area contributed by atoms with Crippen molar-refractivity contribution < 1.29 is 34.3 Å². The second-order valence-corrected chi connectivity index (χ2v) is 15.8. The van der Waals surface area contributed by atoms with Gasteiger partial charge in [0.25, 0.3) is 0 Å². The van der Waals surface area contributed by atoms with Crippen molar-refractivity contribution in [1.29, 1.82) is 0 Å². The maximum Gasteiger partial charge on any atom is 0.0921 e. The van der Waals surface area contributed by atoms with Crippen LogP contribution in [0.2, 0.25) is 0 Å². The van der Waals surface area contributed by atoms with Crippen LogP contribution in [0.1, 0.15) is 120 Å². The normalized spacial score (nSPS) is 48.9. The van der Waals surface area contributed by atoms with Crippen LogP contribution in [0.5, 0.6) is 0 Å². The molecule has 0 amide bonds. The lowest BCUT2D eigenvalue weighted by Gasteiger charge is -2.49. The molecule has 0 bridgehead atoms. The van der Waals surface area contributed by atoms with Crippen molar-refractivity contribution in [2.75, 3.05) is 0 Å². The van der Waals surface area contributed by atoms with Crippen LogP contribution >= 0.6 is 15.9 Å². The van der Waals surface area contributed by atoms with Crippen LogP contribution in [0.4, 0.5) is 0 Å². The Bertz CT molecular complexity index is 844. The predicted octanol–water partition coefficient (Wildman–Crippen LogP) is 5.18. The second kappa shape index (κ2) is 10.5. The van der Waals surface area contributed by atoms with Gasteiger partial charge in [-0.05, 0) is 120 Å². The van der Waals surface area contributed by atoms with E-state index in [2.05, 4.69) is 43.6 Å². The minimum Gasteiger partial charge on any atom is -0.390 e. The van der Waals surface area contributed by atoms with Crippen molar-refractivity contribution in [3.63, 3.8) is 0 Å². The highest BCUT2D eigenvalue weighted by Crippen LogP contribution is 2.48. The van der Waals surface area contributed by atoms with Gasteiger partial charge in [0.2, 0.25) is 0 Å². The average Bonchev–Trinajstić information content (AvgIpc) is 3.01. The first kappa shape index (κ1) is 31.1. The molecule has 7 nitrogen and oxygen atoms in total. The van der Waals surface area contributed by atoms with Crippen LogP contribution in [0.15, 0.2) is 0 Å². The summed E-state index contributed by atoms with van der Waals surface area (Å²) in [5.41, 5.74) is -4.08. The highest BCUT2D eigenvalue weighted by molar-refractivity contribution is 9.09. The standard InChI is InChI=1S/C30H53BrO7/c1-25(2)19(31)11-15-27(5,33)22(35-25)13-16-28(6,34)21-9-10-23-30(8,37-21)18-14-24-29(7,38-23)17-12-20(32)26(3,4)36-24/h19-24,32-34H,9-18H2,1-8H3/t19-,20-,21+,22+,23-,24-,27+,28-,29+,30+/m1/s1. The molecule has 4 saturated heterocycles. The van der Waals surface area contributed by atoms with Crippen LogP contribution < -0.4 is 0 Å². The molecule has 0 radical (unpaired) electrons. The number of ether oxygens (including phenoxy) is 4. The van der Waals surface area contributed by atoms with E-state index in [0.717, 1.165) is 32.1 Å². The molecule has 4 heterocycles. The summed E-state index contributed by atoms with van der Waals surface area (Å²) in [5, 5.41) is 33.5. The van der Waals surface area contributed by atoms with E-state index in [1.165, 1.54) is 0 Å². The van der Waals surface area contributed by atoms with E-state index >= 15 is 0 Å². The van der Waals surface area contributed by atoms with E-state index in [1.54, 1.807) is 0 Å². The Hall–Kier alpha value is 0.200. The van der Waals surface area contributed by atoms with Gasteiger partial charge in [0.15, 0.2) is 0 Å². The Labute approximate surface area is 238 Å². The molecule has 0 aromatic heterocycles. The summed E-state index contributed by atoms with van der Waals surface area (Å²) in [7, 11) is 0. The molecule has 4 aliphatic heterocycles. The molecule has 0 unspecified atom stereocenters. The Kier molecular flexibility index (Phi) is 8.59. The number of aliphatic hydroxyl groups is 3. The third kappa shape index (κ3) is 6.18. The number of aliphatic hydroxyl groups excluding tert-OH is 1. The van der Waals surface area contributed by atoms with E-state index in [-0.39, 0.29) is 29.2 Å². The quantitative estimate of drug-likeness (QED) is 0.380. The molecule has 0 spiro atoms. The predicted molar refractivity (Wildman–Crippen MR) is 151 cm³/mol. The third-order valence-corrected chi connectivity index (χ3v) is 11.9. The van der Waals surface area contributed by atoms with Gasteiger partial charge >= 0.3 is 0 Å². The number of alkyl halides is 1. The Morgan fingerprint density at radius 1 is 0.763 bits per heavy atom. The Morgan fingerprint density at radius 2 is 1.37 bits per heavy atom. The summed E-state index contributed by atoms with van der Waals surface area (Å²) < 4.78 is 26.5. The summed E-state index contributed by atoms with van der Waals surface area (Å²) in [6.07, 6.45) is 5.43. The zero-order valence-corrected chi connectivity index (χ0v) is 26.5. The van der Waals surface area contributed by atoms with Crippen LogP contribution in [-0.2, 0) is 18.9 Å². The first-order valence-electron chi connectivity index (χ1n) is 14.8. The van der Waals surface area contributed by atoms with Gasteiger partial charge in [-0.25, -0.2) is 0 Å². The summed E-state index contributed by atoms with van der Waals surface area (Å²) in [4.78, 5) is 0.161. The molecule has 0 aromatic carbocycles. The fourth-order valence-electron chi connectivity index (χ4n) is 7.10. The van der Waals surface area contributed by atoms with Gasteiger partial charge in [-0.3, -0.25) is 0 Å². The Morgan fingerprint density at radius 3 is 2.05 bits per heavy atom. The van der Waals surface area contributed by atoms with Crippen molar-refractivity contribution in [1.82, 2.24) is 0 Å². The molecular formula is C30H53BrO7. The fraction of sp³-hybridized carbons (Fsp3) is 1.00. The lowest BCUT2D eigenvalue weighted by Crippen LogP contribution is -2.57. The van der Waals surface area contributed by atoms with Crippen LogP contribution in [0, 0.1) is 0 Å². The minimum absolute atomic E-state index is 0.103. The van der Waals surface area contributed by atoms with E-state index in [9.17, 15) is 15.3 Å². The largest absolute Gasteiger partial charge is 0.390 e. The van der Waals surface area contributed by atoms with Crippen LogP contribution in [0.3, 0.4) is 0 Å². The fourth-order valence-corrected chi connectivity index (χ4v) is 7.44. The molecule has 222 valence electrons. The SMILES string of the molecule is CC1(C)O[C@@H]2CC[C@]3(C)O[C@H]([C@](C)(O)CC[C@@H]4OC(C)(C)[C@H](Br)CC[C@]4(C)O)CC[C@H]3O[C@@]2(C)CC[C@H]1O. The van der Waals surface area contributed by atoms with Gasteiger partial charge in [0.1, 0.15) is 0 Å². The number of halogens is 1. The average molecular weight is 606 g/mol. The zero-order valence-electron chi connectivity index (χ0n) is 24.9. The number of hydrogen-bond acceptors (Lipinski definition) is 7. The van der Waals surface area contributed by atoms with E-state index < -0.39 is 39.7 Å². The molecule has 10 atom stereocenters. The molecule has 3 N–H and O–H groups in total. The maximum atomic E-state index is 11.7. The molecular weight excluding hydrogens is 552 g/mol. The van der Waals surface area contributed by atoms with Gasteiger partial charge in [0.05, 0.1) is 64.1 Å². The smallest absolute Gasteiger partial charge is 0.0921 e. The summed E-state index contributed by atoms with van der Waals surface area (Å²) in [6, 6.07) is 0. The van der Waals surface area contributed by atoms with Crippen molar-refractivity contribution in [2.24, 2.45) is 0 Å². The van der Waals surface area contributed by atoms with Crippen molar-refractivity contribution in [2.45, 2.75) is 189 Å². The number of hydrogen-bond donors (Lipinski definition) is 3. The van der Waals surface area contributed by atoms with Gasteiger partial charge in [-0.1, -0.05) is 15.9 Å². The maximum absolute atomic E-state index is 11.7. The topological polar surface area (TPSA) is 97.6 Å². The van der Waals surface area contributed by atoms with E-state index in [1.807, 2.05) is 27.7 Å². The van der Waals surface area contributed by atoms with Gasteiger partial charge in [-0.2, -0.15) is 0 Å².